The van der Waals surface area contributed by atoms with Crippen LogP contribution in [0.1, 0.15) is 45.5 Å². The summed E-state index contributed by atoms with van der Waals surface area (Å²) >= 11 is 0. The first-order chi connectivity index (χ1) is 9.49. The Bertz CT molecular complexity index is 662. The molecule has 1 fully saturated rings. The minimum Gasteiger partial charge on any atom is -0.299 e. The monoisotopic (exact) mass is 271 g/mol. The van der Waals surface area contributed by atoms with Gasteiger partial charge in [-0.3, -0.25) is 24.1 Å². The average Bonchev–Trinajstić information content (AvgIpc) is 2.63. The lowest BCUT2D eigenvalue weighted by molar-refractivity contribution is -0.132. The van der Waals surface area contributed by atoms with Gasteiger partial charge < -0.3 is 0 Å². The molecule has 0 saturated heterocycles. The van der Waals surface area contributed by atoms with Crippen molar-refractivity contribution < 1.29 is 19.2 Å². The van der Waals surface area contributed by atoms with Crippen LogP contribution in [0.5, 0.6) is 0 Å². The minimum absolute atomic E-state index is 0.126. The highest BCUT2D eigenvalue weighted by atomic mass is 16.2. The van der Waals surface area contributed by atoms with E-state index < -0.39 is 17.9 Å². The minimum atomic E-state index is -0.791. The highest BCUT2D eigenvalue weighted by molar-refractivity contribution is 6.23. The summed E-state index contributed by atoms with van der Waals surface area (Å²) in [6.07, 6.45) is 0.294. The van der Waals surface area contributed by atoms with E-state index in [9.17, 15) is 19.2 Å². The Morgan fingerprint density at radius 1 is 1.05 bits per heavy atom. The van der Waals surface area contributed by atoms with Crippen molar-refractivity contribution >= 4 is 23.4 Å². The number of carbonyl (C=O) groups excluding carboxylic acids is 4. The smallest absolute Gasteiger partial charge is 0.262 e. The number of nitrogens with zero attached hydrogens (tertiary/aromatic N) is 1. The van der Waals surface area contributed by atoms with E-state index in [1.165, 1.54) is 0 Å². The largest absolute Gasteiger partial charge is 0.299 e. The van der Waals surface area contributed by atoms with Gasteiger partial charge in [0, 0.05) is 6.42 Å². The second-order valence-electron chi connectivity index (χ2n) is 5.27. The summed E-state index contributed by atoms with van der Waals surface area (Å²) in [7, 11) is 0. The van der Waals surface area contributed by atoms with Gasteiger partial charge in [0.1, 0.15) is 5.78 Å². The van der Waals surface area contributed by atoms with E-state index in [1.54, 1.807) is 18.2 Å². The van der Waals surface area contributed by atoms with Crippen molar-refractivity contribution in [3.8, 4) is 0 Å². The fraction of sp³-hybridized carbons (Fsp3) is 0.333. The Balaban J connectivity index is 1.97. The van der Waals surface area contributed by atoms with Crippen molar-refractivity contribution in [3.63, 3.8) is 0 Å². The molecule has 0 aromatic heterocycles. The van der Waals surface area contributed by atoms with Crippen LogP contribution in [0.2, 0.25) is 0 Å². The summed E-state index contributed by atoms with van der Waals surface area (Å²) in [4.78, 5) is 48.9. The summed E-state index contributed by atoms with van der Waals surface area (Å²) in [5.74, 6) is -1.33. The number of imide groups is 1. The molecule has 1 unspecified atom stereocenters. The maximum Gasteiger partial charge on any atom is 0.262 e. The molecule has 1 saturated carbocycles. The zero-order valence-corrected chi connectivity index (χ0v) is 11.0. The van der Waals surface area contributed by atoms with Gasteiger partial charge in [0.25, 0.3) is 11.8 Å². The number of hydrogen-bond acceptors (Lipinski definition) is 4. The van der Waals surface area contributed by atoms with Gasteiger partial charge in [-0.25, -0.2) is 0 Å². The molecule has 1 aromatic rings. The van der Waals surface area contributed by atoms with E-state index in [2.05, 4.69) is 0 Å². The van der Waals surface area contributed by atoms with Crippen molar-refractivity contribution in [2.24, 2.45) is 0 Å². The van der Waals surface area contributed by atoms with E-state index in [0.29, 0.717) is 11.1 Å². The number of rotatable bonds is 1. The predicted octanol–water partition coefficient (Wildman–Crippen LogP) is 1.28. The van der Waals surface area contributed by atoms with Crippen LogP contribution < -0.4 is 0 Å². The molecule has 1 atom stereocenters. The first-order valence-corrected chi connectivity index (χ1v) is 6.52. The third-order valence-corrected chi connectivity index (χ3v) is 3.82. The van der Waals surface area contributed by atoms with Gasteiger partial charge in [0.05, 0.1) is 23.6 Å². The van der Waals surface area contributed by atoms with Crippen molar-refractivity contribution in [1.82, 2.24) is 4.90 Å². The first kappa shape index (κ1) is 12.7. The number of fused-ring (bicyclic) bond motifs is 1. The Hall–Kier alpha value is -2.30. The molecule has 0 bridgehead atoms. The Morgan fingerprint density at radius 3 is 2.45 bits per heavy atom. The van der Waals surface area contributed by atoms with Crippen molar-refractivity contribution in [3.05, 3.63) is 34.9 Å². The molecule has 3 rings (SSSR count). The third kappa shape index (κ3) is 1.78. The molecule has 5 heteroatoms. The fourth-order valence-corrected chi connectivity index (χ4v) is 2.79. The van der Waals surface area contributed by atoms with E-state index in [4.69, 9.17) is 0 Å². The number of ketones is 2. The lowest BCUT2D eigenvalue weighted by Gasteiger charge is -2.27. The first-order valence-electron chi connectivity index (χ1n) is 6.52. The quantitative estimate of drug-likeness (QED) is 0.570. The number of amides is 2. The molecule has 1 aliphatic heterocycles. The van der Waals surface area contributed by atoms with Crippen molar-refractivity contribution in [2.45, 2.75) is 32.2 Å². The maximum absolute atomic E-state index is 12.4. The molecular formula is C15H13NO4. The molecule has 1 heterocycles. The third-order valence-electron chi connectivity index (χ3n) is 3.82. The highest BCUT2D eigenvalue weighted by Gasteiger charge is 2.44. The van der Waals surface area contributed by atoms with E-state index in [-0.39, 0.29) is 30.8 Å². The zero-order chi connectivity index (χ0) is 14.4. The number of benzene rings is 1. The maximum atomic E-state index is 12.4. The molecule has 1 aliphatic carbocycles. The van der Waals surface area contributed by atoms with Gasteiger partial charge in [0.2, 0.25) is 0 Å². The summed E-state index contributed by atoms with van der Waals surface area (Å²) in [6, 6.07) is 4.25. The van der Waals surface area contributed by atoms with Gasteiger partial charge in [-0.15, -0.1) is 0 Å². The van der Waals surface area contributed by atoms with Gasteiger partial charge in [-0.05, 0) is 25.5 Å². The number of hydrogen-bond donors (Lipinski definition) is 0. The standard InChI is InChI=1S/C15H13NO4/c1-8-2-4-10-11(6-8)15(20)16(14(10)19)12-5-3-9(17)7-13(12)18/h2,4,6,12H,3,5,7H2,1H3. The number of carbonyl (C=O) groups is 4. The molecule has 1 aromatic carbocycles. The van der Waals surface area contributed by atoms with Crippen LogP contribution in [0.4, 0.5) is 0 Å². The number of Topliss-reactive ketones (excluding diaryl/α,β-unsaturated/α-hetero) is 2. The topological polar surface area (TPSA) is 71.5 Å². The Labute approximate surface area is 115 Å². The van der Waals surface area contributed by atoms with Crippen LogP contribution in [0.3, 0.4) is 0 Å². The van der Waals surface area contributed by atoms with Crippen LogP contribution in [0.25, 0.3) is 0 Å². The second kappa shape index (κ2) is 4.37. The fourth-order valence-electron chi connectivity index (χ4n) is 2.79. The number of aryl methyl sites for hydroxylation is 1. The zero-order valence-electron chi connectivity index (χ0n) is 11.0. The SMILES string of the molecule is Cc1ccc2c(c1)C(=O)N(C1CCC(=O)CC1=O)C2=O. The van der Waals surface area contributed by atoms with Gasteiger partial charge >= 0.3 is 0 Å². The van der Waals surface area contributed by atoms with Crippen LogP contribution in [0.15, 0.2) is 18.2 Å². The Kier molecular flexibility index (Phi) is 2.78. The normalized spacial score (nSPS) is 22.4. The molecule has 20 heavy (non-hydrogen) atoms. The van der Waals surface area contributed by atoms with Crippen molar-refractivity contribution in [2.75, 3.05) is 0 Å². The highest BCUT2D eigenvalue weighted by Crippen LogP contribution is 2.29. The summed E-state index contributed by atoms with van der Waals surface area (Å²) < 4.78 is 0. The molecular weight excluding hydrogens is 258 g/mol. The summed E-state index contributed by atoms with van der Waals surface area (Å²) in [5, 5.41) is 0. The van der Waals surface area contributed by atoms with Crippen molar-refractivity contribution in [1.29, 1.82) is 0 Å². The lowest BCUT2D eigenvalue weighted by atomic mass is 9.92. The van der Waals surface area contributed by atoms with E-state index in [0.717, 1.165) is 10.5 Å². The molecule has 5 nitrogen and oxygen atoms in total. The molecule has 0 spiro atoms. The molecule has 2 amide bonds. The van der Waals surface area contributed by atoms with Gasteiger partial charge in [-0.1, -0.05) is 11.6 Å². The molecule has 0 radical (unpaired) electrons. The average molecular weight is 271 g/mol. The summed E-state index contributed by atoms with van der Waals surface area (Å²) in [6.45, 7) is 1.84. The van der Waals surface area contributed by atoms with Crippen LogP contribution in [-0.4, -0.2) is 34.3 Å². The van der Waals surface area contributed by atoms with E-state index in [1.807, 2.05) is 6.92 Å². The molecule has 0 N–H and O–H groups in total. The second-order valence-corrected chi connectivity index (χ2v) is 5.27. The summed E-state index contributed by atoms with van der Waals surface area (Å²) in [5.41, 5.74) is 1.57. The van der Waals surface area contributed by atoms with Crippen LogP contribution >= 0.6 is 0 Å². The van der Waals surface area contributed by atoms with E-state index >= 15 is 0 Å². The molecule has 102 valence electrons. The van der Waals surface area contributed by atoms with Crippen LogP contribution in [0, 0.1) is 6.92 Å². The molecule has 2 aliphatic rings. The van der Waals surface area contributed by atoms with Crippen LogP contribution in [-0.2, 0) is 9.59 Å². The Morgan fingerprint density at radius 2 is 1.75 bits per heavy atom. The van der Waals surface area contributed by atoms with Gasteiger partial charge in [-0.2, -0.15) is 0 Å². The van der Waals surface area contributed by atoms with Gasteiger partial charge in [0.15, 0.2) is 5.78 Å². The predicted molar refractivity (Wildman–Crippen MR) is 69.3 cm³/mol. The lowest BCUT2D eigenvalue weighted by Crippen LogP contribution is -2.47.